The number of aliphatic imine (C=N–C) groups is 2. The van der Waals surface area contributed by atoms with E-state index in [-0.39, 0.29) is 0 Å². The molecular formula is C22H36N4S. The van der Waals surface area contributed by atoms with Crippen LogP contribution in [-0.2, 0) is 0 Å². The van der Waals surface area contributed by atoms with Gasteiger partial charge < -0.3 is 5.32 Å². The lowest BCUT2D eigenvalue weighted by Gasteiger charge is -2.28. The zero-order valence-electron chi connectivity index (χ0n) is 17.3. The van der Waals surface area contributed by atoms with E-state index in [0.717, 1.165) is 49.7 Å². The Morgan fingerprint density at radius 3 is 2.52 bits per heavy atom. The molecule has 2 atom stereocenters. The number of hydrogen-bond donors (Lipinski definition) is 1. The summed E-state index contributed by atoms with van der Waals surface area (Å²) in [5, 5.41) is 3.27. The molecule has 27 heavy (non-hydrogen) atoms. The van der Waals surface area contributed by atoms with Crippen molar-refractivity contribution in [2.45, 2.75) is 58.4 Å². The molecule has 1 saturated heterocycles. The van der Waals surface area contributed by atoms with E-state index < -0.39 is 0 Å². The van der Waals surface area contributed by atoms with Crippen molar-refractivity contribution in [3.8, 4) is 0 Å². The third-order valence-electron chi connectivity index (χ3n) is 5.82. The lowest BCUT2D eigenvalue weighted by atomic mass is 9.87. The monoisotopic (exact) mass is 388 g/mol. The van der Waals surface area contributed by atoms with E-state index in [9.17, 15) is 0 Å². The molecule has 150 valence electrons. The van der Waals surface area contributed by atoms with E-state index in [1.165, 1.54) is 24.8 Å². The van der Waals surface area contributed by atoms with Crippen molar-refractivity contribution in [2.24, 2.45) is 21.8 Å². The standard InChI is InChI=1S/C22H36N4S/c1-6-18(21-10-8-9-17(21)3)15-19(16-23-4)22(24-7-2)25-20-11-13-26(27-5)14-12-20/h7,15-17,20-21H,2,4,6,8-14H2,1,3,5H3,(H,24,25)/b18-15-,19-16-. The summed E-state index contributed by atoms with van der Waals surface area (Å²) >= 11 is 1.83. The Hall–Kier alpha value is -1.33. The van der Waals surface area contributed by atoms with Crippen molar-refractivity contribution in [1.82, 2.24) is 9.62 Å². The van der Waals surface area contributed by atoms with Crippen LogP contribution in [0.15, 0.2) is 46.2 Å². The fourth-order valence-corrected chi connectivity index (χ4v) is 4.84. The molecule has 2 unspecified atom stereocenters. The number of piperidine rings is 1. The molecule has 1 aliphatic heterocycles. The molecule has 1 heterocycles. The highest BCUT2D eigenvalue weighted by atomic mass is 32.2. The summed E-state index contributed by atoms with van der Waals surface area (Å²) in [6.07, 6.45) is 15.2. The Labute approximate surface area is 170 Å². The first kappa shape index (κ1) is 22.0. The van der Waals surface area contributed by atoms with Crippen LogP contribution in [0.25, 0.3) is 0 Å². The second-order valence-electron chi connectivity index (χ2n) is 7.52. The van der Waals surface area contributed by atoms with Crippen LogP contribution < -0.4 is 5.32 Å². The molecule has 2 aliphatic rings. The van der Waals surface area contributed by atoms with Gasteiger partial charge in [0, 0.05) is 24.9 Å². The van der Waals surface area contributed by atoms with Gasteiger partial charge in [0.25, 0.3) is 0 Å². The first-order valence-electron chi connectivity index (χ1n) is 10.2. The summed E-state index contributed by atoms with van der Waals surface area (Å²) in [7, 11) is 0. The Morgan fingerprint density at radius 2 is 2.00 bits per heavy atom. The first-order valence-corrected chi connectivity index (χ1v) is 11.4. The molecule has 1 aliphatic carbocycles. The maximum atomic E-state index is 5.04. The number of allylic oxidation sites excluding steroid dienone is 1. The molecule has 0 amide bonds. The maximum absolute atomic E-state index is 5.04. The summed E-state index contributed by atoms with van der Waals surface area (Å²) in [4.78, 5) is 9.11. The molecule has 0 aromatic rings. The van der Waals surface area contributed by atoms with Crippen LogP contribution in [0.5, 0.6) is 0 Å². The van der Waals surface area contributed by atoms with E-state index in [4.69, 9.17) is 4.99 Å². The predicted molar refractivity (Wildman–Crippen MR) is 121 cm³/mol. The average molecular weight is 389 g/mol. The SMILES string of the molecule is C=CNC(=N/C1CCN(SC)CC1)/C(=C\N=C)/C=C(/CC)C1CCCC1C. The molecule has 1 saturated carbocycles. The van der Waals surface area contributed by atoms with Gasteiger partial charge >= 0.3 is 0 Å². The minimum absolute atomic E-state index is 0.341. The highest BCUT2D eigenvalue weighted by molar-refractivity contribution is 7.96. The summed E-state index contributed by atoms with van der Waals surface area (Å²) in [5.74, 6) is 2.31. The van der Waals surface area contributed by atoms with Gasteiger partial charge in [0.2, 0.25) is 0 Å². The fraction of sp³-hybridized carbons (Fsp3) is 0.636. The zero-order valence-corrected chi connectivity index (χ0v) is 18.1. The van der Waals surface area contributed by atoms with Crippen LogP contribution in [0, 0.1) is 11.8 Å². The normalized spacial score (nSPS) is 26.3. The smallest absolute Gasteiger partial charge is 0.134 e. The second kappa shape index (κ2) is 11.5. The van der Waals surface area contributed by atoms with Gasteiger partial charge in [0.05, 0.1) is 6.04 Å². The molecule has 0 radical (unpaired) electrons. The van der Waals surface area contributed by atoms with Gasteiger partial charge in [0.15, 0.2) is 0 Å². The van der Waals surface area contributed by atoms with Gasteiger partial charge in [-0.2, -0.15) is 0 Å². The van der Waals surface area contributed by atoms with E-state index in [1.54, 1.807) is 6.20 Å². The molecule has 0 bridgehead atoms. The van der Waals surface area contributed by atoms with Gasteiger partial charge in [0.1, 0.15) is 5.84 Å². The maximum Gasteiger partial charge on any atom is 0.134 e. The summed E-state index contributed by atoms with van der Waals surface area (Å²) < 4.78 is 2.41. The topological polar surface area (TPSA) is 40.0 Å². The number of nitrogens with zero attached hydrogens (tertiary/aromatic N) is 3. The Bertz CT molecular complexity index is 585. The molecule has 2 fully saturated rings. The molecule has 5 heteroatoms. The molecule has 1 N–H and O–H groups in total. The summed E-state index contributed by atoms with van der Waals surface area (Å²) in [5.41, 5.74) is 2.53. The van der Waals surface area contributed by atoms with Gasteiger partial charge in [-0.05, 0) is 56.7 Å². The Kier molecular flexibility index (Phi) is 9.35. The number of hydrogen-bond acceptors (Lipinski definition) is 4. The number of amidine groups is 1. The lowest BCUT2D eigenvalue weighted by molar-refractivity contribution is 0.348. The van der Waals surface area contributed by atoms with E-state index in [0.29, 0.717) is 12.0 Å². The molecular weight excluding hydrogens is 352 g/mol. The van der Waals surface area contributed by atoms with Crippen molar-refractivity contribution in [3.05, 3.63) is 36.2 Å². The van der Waals surface area contributed by atoms with Crippen molar-refractivity contribution < 1.29 is 0 Å². The fourth-order valence-electron chi connectivity index (χ4n) is 4.26. The van der Waals surface area contributed by atoms with Crippen molar-refractivity contribution in [1.29, 1.82) is 0 Å². The van der Waals surface area contributed by atoms with Crippen LogP contribution in [-0.4, -0.2) is 42.2 Å². The lowest BCUT2D eigenvalue weighted by Crippen LogP contribution is -2.32. The van der Waals surface area contributed by atoms with Crippen molar-refractivity contribution in [3.63, 3.8) is 0 Å². The predicted octanol–water partition coefficient (Wildman–Crippen LogP) is 5.22. The average Bonchev–Trinajstić information content (AvgIpc) is 3.11. The molecule has 0 aromatic carbocycles. The van der Waals surface area contributed by atoms with Gasteiger partial charge in [-0.25, -0.2) is 0 Å². The Morgan fingerprint density at radius 1 is 1.26 bits per heavy atom. The van der Waals surface area contributed by atoms with Crippen LogP contribution in [0.3, 0.4) is 0 Å². The largest absolute Gasteiger partial charge is 0.347 e. The minimum Gasteiger partial charge on any atom is -0.347 e. The van der Waals surface area contributed by atoms with E-state index in [2.05, 4.69) is 54.1 Å². The summed E-state index contributed by atoms with van der Waals surface area (Å²) in [6, 6.07) is 0.341. The molecule has 4 nitrogen and oxygen atoms in total. The van der Waals surface area contributed by atoms with Crippen LogP contribution in [0.4, 0.5) is 0 Å². The third-order valence-corrected chi connectivity index (χ3v) is 6.70. The van der Waals surface area contributed by atoms with Gasteiger partial charge in [-0.1, -0.05) is 56.9 Å². The quantitative estimate of drug-likeness (QED) is 0.268. The molecule has 0 spiro atoms. The highest BCUT2D eigenvalue weighted by Gasteiger charge is 2.26. The second-order valence-corrected chi connectivity index (χ2v) is 8.40. The number of nitrogens with one attached hydrogen (secondary N) is 1. The summed E-state index contributed by atoms with van der Waals surface area (Å²) in [6.45, 7) is 14.3. The van der Waals surface area contributed by atoms with Crippen LogP contribution in [0.2, 0.25) is 0 Å². The van der Waals surface area contributed by atoms with Crippen molar-refractivity contribution >= 4 is 24.5 Å². The number of rotatable bonds is 8. The Balaban J connectivity index is 2.25. The van der Waals surface area contributed by atoms with Gasteiger partial charge in [-0.15, -0.1) is 0 Å². The third kappa shape index (κ3) is 6.35. The molecule has 2 rings (SSSR count). The zero-order chi connectivity index (χ0) is 19.6. The van der Waals surface area contributed by atoms with Crippen molar-refractivity contribution in [2.75, 3.05) is 19.3 Å². The van der Waals surface area contributed by atoms with Gasteiger partial charge in [-0.3, -0.25) is 14.3 Å². The van der Waals surface area contributed by atoms with E-state index >= 15 is 0 Å². The van der Waals surface area contributed by atoms with E-state index in [1.807, 2.05) is 18.1 Å². The highest BCUT2D eigenvalue weighted by Crippen LogP contribution is 2.38. The molecule has 0 aromatic heterocycles. The van der Waals surface area contributed by atoms with Crippen LogP contribution in [0.1, 0.15) is 52.4 Å². The minimum atomic E-state index is 0.341. The van der Waals surface area contributed by atoms with Crippen LogP contribution >= 0.6 is 11.9 Å². The first-order chi connectivity index (χ1) is 13.1.